The first-order valence-electron chi connectivity index (χ1n) is 9.10. The van der Waals surface area contributed by atoms with Crippen molar-refractivity contribution in [2.75, 3.05) is 11.9 Å². The predicted molar refractivity (Wildman–Crippen MR) is 102 cm³/mol. The van der Waals surface area contributed by atoms with Crippen LogP contribution in [0.25, 0.3) is 11.0 Å². The summed E-state index contributed by atoms with van der Waals surface area (Å²) in [4.78, 5) is 17.3. The highest BCUT2D eigenvalue weighted by molar-refractivity contribution is 5.94. The molecule has 1 aliphatic heterocycles. The van der Waals surface area contributed by atoms with Crippen LogP contribution in [0.5, 0.6) is 0 Å². The quantitative estimate of drug-likeness (QED) is 0.634. The molecule has 2 aromatic carbocycles. The predicted octanol–water partition coefficient (Wildman–Crippen LogP) is 4.91. The molecule has 150 valence electrons. The Labute approximate surface area is 164 Å². The van der Waals surface area contributed by atoms with E-state index in [-0.39, 0.29) is 6.61 Å². The van der Waals surface area contributed by atoms with Crippen molar-refractivity contribution in [3.8, 4) is 0 Å². The van der Waals surface area contributed by atoms with Crippen molar-refractivity contribution in [3.63, 3.8) is 0 Å². The maximum absolute atomic E-state index is 13.0. The number of anilines is 1. The average molecular weight is 401 g/mol. The molecule has 1 atom stereocenters. The van der Waals surface area contributed by atoms with E-state index >= 15 is 0 Å². The Morgan fingerprint density at radius 2 is 1.86 bits per heavy atom. The van der Waals surface area contributed by atoms with Gasteiger partial charge in [0.05, 0.1) is 34.8 Å². The first-order valence-corrected chi connectivity index (χ1v) is 9.10. The van der Waals surface area contributed by atoms with Crippen LogP contribution >= 0.6 is 0 Å². The smallest absolute Gasteiger partial charge is 0.416 e. The van der Waals surface area contributed by atoms with E-state index in [0.717, 1.165) is 17.6 Å². The van der Waals surface area contributed by atoms with E-state index in [0.29, 0.717) is 28.3 Å². The third kappa shape index (κ3) is 3.24. The van der Waals surface area contributed by atoms with Crippen molar-refractivity contribution in [1.29, 1.82) is 0 Å². The van der Waals surface area contributed by atoms with E-state index in [1.807, 2.05) is 28.8 Å². The van der Waals surface area contributed by atoms with E-state index < -0.39 is 23.8 Å². The third-order valence-electron chi connectivity index (χ3n) is 4.88. The number of carbonyl (C=O) groups is 1. The summed E-state index contributed by atoms with van der Waals surface area (Å²) in [7, 11) is 0. The number of alkyl halides is 3. The topological polar surface area (TPSA) is 56.1 Å². The average Bonchev–Trinajstić information content (AvgIpc) is 3.04. The molecule has 4 rings (SSSR count). The minimum Gasteiger partial charge on any atom is -0.463 e. The maximum Gasteiger partial charge on any atom is 0.416 e. The lowest BCUT2D eigenvalue weighted by molar-refractivity contribution is -0.139. The zero-order valence-electron chi connectivity index (χ0n) is 15.7. The molecule has 0 amide bonds. The number of halogens is 3. The van der Waals surface area contributed by atoms with Crippen LogP contribution in [-0.2, 0) is 15.7 Å². The Bertz CT molecular complexity index is 1110. The van der Waals surface area contributed by atoms with Gasteiger partial charge in [0.25, 0.3) is 0 Å². The summed E-state index contributed by atoms with van der Waals surface area (Å²) in [5.41, 5.74) is 2.15. The molecule has 0 bridgehead atoms. The molecule has 1 aliphatic rings. The molecule has 0 saturated heterocycles. The van der Waals surface area contributed by atoms with Crippen LogP contribution in [-0.4, -0.2) is 22.1 Å². The Kier molecular flexibility index (Phi) is 4.56. The molecule has 1 aromatic heterocycles. The lowest BCUT2D eigenvalue weighted by atomic mass is 9.94. The van der Waals surface area contributed by atoms with E-state index in [1.165, 1.54) is 12.1 Å². The molecule has 2 heterocycles. The molecule has 1 N–H and O–H groups in total. The van der Waals surface area contributed by atoms with Gasteiger partial charge < -0.3 is 10.1 Å². The van der Waals surface area contributed by atoms with Gasteiger partial charge >= 0.3 is 12.1 Å². The second-order valence-corrected chi connectivity index (χ2v) is 6.70. The molecule has 0 unspecified atom stereocenters. The molecule has 0 radical (unpaired) electrons. The van der Waals surface area contributed by atoms with Crippen molar-refractivity contribution in [2.45, 2.75) is 26.1 Å². The summed E-state index contributed by atoms with van der Waals surface area (Å²) < 4.78 is 46.1. The van der Waals surface area contributed by atoms with Crippen LogP contribution < -0.4 is 5.32 Å². The van der Waals surface area contributed by atoms with Gasteiger partial charge in [-0.25, -0.2) is 9.78 Å². The lowest BCUT2D eigenvalue weighted by Gasteiger charge is -2.30. The van der Waals surface area contributed by atoms with Gasteiger partial charge in [-0.3, -0.25) is 4.57 Å². The van der Waals surface area contributed by atoms with Crippen molar-refractivity contribution in [1.82, 2.24) is 9.55 Å². The largest absolute Gasteiger partial charge is 0.463 e. The van der Waals surface area contributed by atoms with Gasteiger partial charge in [-0.1, -0.05) is 24.3 Å². The highest BCUT2D eigenvalue weighted by Crippen LogP contribution is 2.40. The van der Waals surface area contributed by atoms with Crippen molar-refractivity contribution >= 4 is 23.0 Å². The fourth-order valence-corrected chi connectivity index (χ4v) is 3.61. The number of rotatable bonds is 3. The van der Waals surface area contributed by atoms with Crippen LogP contribution in [0.4, 0.5) is 19.1 Å². The molecule has 0 fully saturated rings. The molecule has 0 spiro atoms. The van der Waals surface area contributed by atoms with Crippen LogP contribution in [0.15, 0.2) is 59.8 Å². The number of para-hydroxylation sites is 2. The van der Waals surface area contributed by atoms with Gasteiger partial charge in [0.1, 0.15) is 0 Å². The Morgan fingerprint density at radius 1 is 1.17 bits per heavy atom. The third-order valence-corrected chi connectivity index (χ3v) is 4.88. The van der Waals surface area contributed by atoms with Gasteiger partial charge in [0.15, 0.2) is 0 Å². The number of fused-ring (bicyclic) bond motifs is 3. The van der Waals surface area contributed by atoms with Crippen LogP contribution in [0, 0.1) is 0 Å². The monoisotopic (exact) mass is 401 g/mol. The number of imidazole rings is 1. The summed E-state index contributed by atoms with van der Waals surface area (Å²) in [5, 5.41) is 3.12. The molecule has 0 saturated carbocycles. The van der Waals surface area contributed by atoms with Crippen LogP contribution in [0.1, 0.15) is 31.0 Å². The number of hydrogen-bond acceptors (Lipinski definition) is 4. The van der Waals surface area contributed by atoms with Crippen molar-refractivity contribution < 1.29 is 22.7 Å². The van der Waals surface area contributed by atoms with Gasteiger partial charge in [-0.15, -0.1) is 0 Å². The SMILES string of the molecule is CCOC(=O)C1=C(C)Nc2nc3ccccc3n2[C@H]1c1ccc(C(F)(F)F)cc1. The molecule has 29 heavy (non-hydrogen) atoms. The molecular weight excluding hydrogens is 383 g/mol. The number of ether oxygens (including phenoxy) is 1. The van der Waals surface area contributed by atoms with Gasteiger partial charge in [-0.05, 0) is 43.7 Å². The van der Waals surface area contributed by atoms with E-state index in [2.05, 4.69) is 10.3 Å². The Hall–Kier alpha value is -3.29. The number of allylic oxidation sites excluding steroid dienone is 1. The summed E-state index contributed by atoms with van der Waals surface area (Å²) in [6, 6.07) is 11.5. The fraction of sp³-hybridized carbons (Fsp3) is 0.238. The van der Waals surface area contributed by atoms with Gasteiger partial charge in [0.2, 0.25) is 5.95 Å². The van der Waals surface area contributed by atoms with Gasteiger partial charge in [-0.2, -0.15) is 13.2 Å². The van der Waals surface area contributed by atoms with Crippen LogP contribution in [0.2, 0.25) is 0 Å². The molecule has 0 aliphatic carbocycles. The summed E-state index contributed by atoms with van der Waals surface area (Å²) >= 11 is 0. The molecule has 5 nitrogen and oxygen atoms in total. The minimum absolute atomic E-state index is 0.187. The Morgan fingerprint density at radius 3 is 2.52 bits per heavy atom. The number of nitrogens with one attached hydrogen (secondary N) is 1. The number of carbonyl (C=O) groups excluding carboxylic acids is 1. The molecule has 8 heteroatoms. The number of aromatic nitrogens is 2. The summed E-state index contributed by atoms with van der Waals surface area (Å²) in [5.74, 6) is -0.00697. The highest BCUT2D eigenvalue weighted by Gasteiger charge is 2.36. The normalized spacial score (nSPS) is 16.5. The van der Waals surface area contributed by atoms with E-state index in [4.69, 9.17) is 4.74 Å². The summed E-state index contributed by atoms with van der Waals surface area (Å²) in [6.45, 7) is 3.62. The number of benzene rings is 2. The highest BCUT2D eigenvalue weighted by atomic mass is 19.4. The number of nitrogens with zero attached hydrogens (tertiary/aromatic N) is 2. The number of hydrogen-bond donors (Lipinski definition) is 1. The van der Waals surface area contributed by atoms with Gasteiger partial charge in [0, 0.05) is 5.70 Å². The standard InChI is InChI=1S/C21H18F3N3O2/c1-3-29-19(28)17-12(2)25-20-26-15-6-4-5-7-16(15)27(20)18(17)13-8-10-14(11-9-13)21(22,23)24/h4-11,18H,3H2,1-2H3,(H,25,26)/t18-/m0/s1. The fourth-order valence-electron chi connectivity index (χ4n) is 3.61. The first-order chi connectivity index (χ1) is 13.8. The lowest BCUT2D eigenvalue weighted by Crippen LogP contribution is -2.29. The van der Waals surface area contributed by atoms with Crippen LogP contribution in [0.3, 0.4) is 0 Å². The second-order valence-electron chi connectivity index (χ2n) is 6.70. The Balaban J connectivity index is 1.92. The molecule has 3 aromatic rings. The minimum atomic E-state index is -4.44. The van der Waals surface area contributed by atoms with Crippen molar-refractivity contribution in [2.24, 2.45) is 0 Å². The number of esters is 1. The molecular formula is C21H18F3N3O2. The summed E-state index contributed by atoms with van der Waals surface area (Å²) in [6.07, 6.45) is -4.44. The first kappa shape index (κ1) is 19.0. The van der Waals surface area contributed by atoms with E-state index in [1.54, 1.807) is 13.8 Å². The van der Waals surface area contributed by atoms with E-state index in [9.17, 15) is 18.0 Å². The zero-order chi connectivity index (χ0) is 20.8. The maximum atomic E-state index is 13.0. The zero-order valence-corrected chi connectivity index (χ0v) is 15.7. The van der Waals surface area contributed by atoms with Crippen molar-refractivity contribution in [3.05, 3.63) is 70.9 Å². The second kappa shape index (κ2) is 6.95.